The minimum Gasteiger partial charge on any atom is -0.444 e. The van der Waals surface area contributed by atoms with Crippen LogP contribution in [0.15, 0.2) is 4.99 Å². The molecule has 2 rings (SSSR count). The molecule has 0 saturated carbocycles. The van der Waals surface area contributed by atoms with Crippen LogP contribution in [-0.2, 0) is 19.4 Å². The third-order valence-corrected chi connectivity index (χ3v) is 4.12. The summed E-state index contributed by atoms with van der Waals surface area (Å²) < 4.78 is 40.3. The van der Waals surface area contributed by atoms with Gasteiger partial charge in [0.1, 0.15) is 11.4 Å². The van der Waals surface area contributed by atoms with Gasteiger partial charge in [0.15, 0.2) is 0 Å². The number of nitrogens with zero attached hydrogens (tertiary/aromatic N) is 3. The smallest absolute Gasteiger partial charge is 0.418 e. The molecule has 148 valence electrons. The molecule has 0 aromatic heterocycles. The molecule has 26 heavy (non-hydrogen) atoms. The van der Waals surface area contributed by atoms with E-state index in [-0.39, 0.29) is 12.4 Å². The van der Waals surface area contributed by atoms with Gasteiger partial charge in [0, 0.05) is 13.1 Å². The SMILES string of the molecule is CCN=C(NC(=O)OC(C)(C)C)[C@@H]1CC[C@@H]2CN1C(=O)N2OS(=O)(=O)O. The first-order chi connectivity index (χ1) is 11.9. The number of hydrogen-bond donors (Lipinski definition) is 2. The quantitative estimate of drug-likeness (QED) is 0.412. The summed E-state index contributed by atoms with van der Waals surface area (Å²) in [6.45, 7) is 7.52. The van der Waals surface area contributed by atoms with Gasteiger partial charge in [-0.05, 0) is 40.5 Å². The van der Waals surface area contributed by atoms with Crippen molar-refractivity contribution in [3.8, 4) is 0 Å². The Morgan fingerprint density at radius 3 is 2.58 bits per heavy atom. The Hall–Kier alpha value is -1.92. The number of nitrogens with one attached hydrogen (secondary N) is 1. The fourth-order valence-electron chi connectivity index (χ4n) is 2.92. The average Bonchev–Trinajstić information content (AvgIpc) is 2.69. The molecule has 0 unspecified atom stereocenters. The highest BCUT2D eigenvalue weighted by Crippen LogP contribution is 2.31. The molecule has 2 N–H and O–H groups in total. The first kappa shape index (κ1) is 20.4. The van der Waals surface area contributed by atoms with Crippen LogP contribution in [0.3, 0.4) is 0 Å². The Kier molecular flexibility index (Phi) is 5.78. The summed E-state index contributed by atoms with van der Waals surface area (Å²) in [5.41, 5.74) is -0.692. The lowest BCUT2D eigenvalue weighted by Crippen LogP contribution is -2.52. The number of amidine groups is 1. The number of alkyl carbamates (subject to hydrolysis) is 1. The molecular weight excluding hydrogens is 368 g/mol. The Balaban J connectivity index is 2.15. The normalized spacial score (nSPS) is 24.0. The van der Waals surface area contributed by atoms with Crippen molar-refractivity contribution < 1.29 is 31.6 Å². The van der Waals surface area contributed by atoms with E-state index in [1.165, 1.54) is 4.90 Å². The summed E-state index contributed by atoms with van der Waals surface area (Å²) >= 11 is 0. The van der Waals surface area contributed by atoms with Gasteiger partial charge in [-0.15, -0.1) is 4.28 Å². The van der Waals surface area contributed by atoms with Gasteiger partial charge in [0.05, 0.1) is 12.1 Å². The second-order valence-corrected chi connectivity index (χ2v) is 8.00. The third-order valence-electron chi connectivity index (χ3n) is 3.77. The summed E-state index contributed by atoms with van der Waals surface area (Å²) in [5.74, 6) is 0.266. The lowest BCUT2D eigenvalue weighted by atomic mass is 10.00. The van der Waals surface area contributed by atoms with Crippen molar-refractivity contribution in [2.75, 3.05) is 13.1 Å². The Bertz CT molecular complexity index is 701. The minimum atomic E-state index is -4.81. The second kappa shape index (κ2) is 7.37. The van der Waals surface area contributed by atoms with Crippen LogP contribution in [0.2, 0.25) is 0 Å². The van der Waals surface area contributed by atoms with Crippen LogP contribution in [0, 0.1) is 0 Å². The zero-order valence-corrected chi connectivity index (χ0v) is 15.9. The molecule has 0 aromatic rings. The molecule has 2 fully saturated rings. The van der Waals surface area contributed by atoms with Crippen molar-refractivity contribution in [3.63, 3.8) is 0 Å². The summed E-state index contributed by atoms with van der Waals surface area (Å²) in [5, 5.41) is 3.22. The molecular formula is C14H24N4O7S. The van der Waals surface area contributed by atoms with Gasteiger partial charge in [0.25, 0.3) is 0 Å². The van der Waals surface area contributed by atoms with E-state index in [0.29, 0.717) is 24.4 Å². The Labute approximate surface area is 152 Å². The second-order valence-electron chi connectivity index (χ2n) is 7.00. The zero-order valence-electron chi connectivity index (χ0n) is 15.1. The van der Waals surface area contributed by atoms with Crippen molar-refractivity contribution >= 4 is 28.4 Å². The van der Waals surface area contributed by atoms with Crippen molar-refractivity contribution in [2.24, 2.45) is 4.99 Å². The molecule has 11 nitrogen and oxygen atoms in total. The molecule has 2 atom stereocenters. The highest BCUT2D eigenvalue weighted by molar-refractivity contribution is 7.80. The van der Waals surface area contributed by atoms with E-state index >= 15 is 0 Å². The lowest BCUT2D eigenvalue weighted by molar-refractivity contribution is -0.0316. The van der Waals surface area contributed by atoms with Crippen LogP contribution < -0.4 is 5.32 Å². The highest BCUT2D eigenvalue weighted by Gasteiger charge is 2.48. The molecule has 12 heteroatoms. The minimum absolute atomic E-state index is 0.192. The zero-order chi connectivity index (χ0) is 19.7. The first-order valence-corrected chi connectivity index (χ1v) is 9.59. The number of hydroxylamine groups is 2. The molecule has 2 bridgehead atoms. The lowest BCUT2D eigenvalue weighted by Gasteiger charge is -2.31. The number of hydrogen-bond acceptors (Lipinski definition) is 7. The number of fused-ring (bicyclic) bond motifs is 2. The topological polar surface area (TPSA) is 138 Å². The molecule has 2 aliphatic heterocycles. The van der Waals surface area contributed by atoms with Crippen LogP contribution in [0.25, 0.3) is 0 Å². The van der Waals surface area contributed by atoms with Gasteiger partial charge in [0.2, 0.25) is 0 Å². The van der Waals surface area contributed by atoms with Gasteiger partial charge in [-0.25, -0.2) is 9.59 Å². The third kappa shape index (κ3) is 5.05. The number of urea groups is 1. The van der Waals surface area contributed by atoms with Crippen molar-refractivity contribution in [1.82, 2.24) is 15.3 Å². The number of piperidine rings is 1. The van der Waals surface area contributed by atoms with E-state index < -0.39 is 40.2 Å². The first-order valence-electron chi connectivity index (χ1n) is 8.22. The number of rotatable bonds is 4. The van der Waals surface area contributed by atoms with Crippen LogP contribution in [-0.4, -0.2) is 71.7 Å². The maximum Gasteiger partial charge on any atom is 0.418 e. The Morgan fingerprint density at radius 1 is 1.38 bits per heavy atom. The van der Waals surface area contributed by atoms with Crippen molar-refractivity contribution in [3.05, 3.63) is 0 Å². The van der Waals surface area contributed by atoms with E-state index in [0.717, 1.165) is 0 Å². The van der Waals surface area contributed by atoms with Crippen LogP contribution in [0.5, 0.6) is 0 Å². The molecule has 2 heterocycles. The largest absolute Gasteiger partial charge is 0.444 e. The molecule has 0 radical (unpaired) electrons. The summed E-state index contributed by atoms with van der Waals surface area (Å²) in [4.78, 5) is 30.1. The average molecular weight is 392 g/mol. The van der Waals surface area contributed by atoms with Gasteiger partial charge in [-0.2, -0.15) is 13.5 Å². The predicted octanol–water partition coefficient (Wildman–Crippen LogP) is 0.933. The van der Waals surface area contributed by atoms with Crippen molar-refractivity contribution in [2.45, 2.75) is 58.2 Å². The van der Waals surface area contributed by atoms with E-state index in [1.807, 2.05) is 0 Å². The van der Waals surface area contributed by atoms with Crippen LogP contribution in [0.1, 0.15) is 40.5 Å². The summed E-state index contributed by atoms with van der Waals surface area (Å²) in [7, 11) is -4.81. The monoisotopic (exact) mass is 392 g/mol. The molecule has 3 amide bonds. The molecule has 2 saturated heterocycles. The molecule has 0 aromatic carbocycles. The van der Waals surface area contributed by atoms with Gasteiger partial charge in [-0.1, -0.05) is 0 Å². The fraction of sp³-hybridized carbons (Fsp3) is 0.786. The van der Waals surface area contributed by atoms with E-state index in [4.69, 9.17) is 9.29 Å². The van der Waals surface area contributed by atoms with Crippen LogP contribution in [0.4, 0.5) is 9.59 Å². The molecule has 2 aliphatic rings. The molecule has 0 spiro atoms. The van der Waals surface area contributed by atoms with E-state index in [9.17, 15) is 18.0 Å². The van der Waals surface area contributed by atoms with E-state index in [2.05, 4.69) is 14.6 Å². The maximum absolute atomic E-state index is 12.5. The Morgan fingerprint density at radius 2 is 2.04 bits per heavy atom. The van der Waals surface area contributed by atoms with Gasteiger partial charge in [-0.3, -0.25) is 14.9 Å². The number of carbonyl (C=O) groups excluding carboxylic acids is 2. The highest BCUT2D eigenvalue weighted by atomic mass is 32.3. The number of aliphatic imine (C=N–C) groups is 1. The standard InChI is InChI=1S/C14H24N4O7S/c1-5-15-11(16-12(19)24-14(2,3)4)10-7-6-9-8-17(10)13(20)18(9)25-26(21,22)23/h9-10H,5-8H2,1-4H3,(H,15,16,19)(H,21,22,23)/t9-,10+/m1/s1. The number of amides is 3. The molecule has 0 aliphatic carbocycles. The van der Waals surface area contributed by atoms with E-state index in [1.54, 1.807) is 27.7 Å². The van der Waals surface area contributed by atoms with Gasteiger partial charge >= 0.3 is 22.5 Å². The summed E-state index contributed by atoms with van der Waals surface area (Å²) in [6.07, 6.45) is 0.168. The van der Waals surface area contributed by atoms with Crippen LogP contribution >= 0.6 is 0 Å². The number of carbonyl (C=O) groups is 2. The predicted molar refractivity (Wildman–Crippen MR) is 90.7 cm³/mol. The fourth-order valence-corrected chi connectivity index (χ4v) is 3.31. The van der Waals surface area contributed by atoms with Crippen molar-refractivity contribution in [1.29, 1.82) is 0 Å². The maximum atomic E-state index is 12.5. The summed E-state index contributed by atoms with van der Waals surface area (Å²) in [6, 6.07) is -1.78. The number of ether oxygens (including phenoxy) is 1. The van der Waals surface area contributed by atoms with Gasteiger partial charge < -0.3 is 9.64 Å².